The van der Waals surface area contributed by atoms with E-state index in [1.807, 2.05) is 18.5 Å². The maximum atomic E-state index is 5.91. The molecule has 0 amide bonds. The van der Waals surface area contributed by atoms with Gasteiger partial charge in [-0.05, 0) is 25.5 Å². The van der Waals surface area contributed by atoms with Gasteiger partial charge in [0.15, 0.2) is 0 Å². The maximum Gasteiger partial charge on any atom is 0.252 e. The number of benzene rings is 1. The van der Waals surface area contributed by atoms with E-state index in [2.05, 4.69) is 41.0 Å². The van der Waals surface area contributed by atoms with Gasteiger partial charge in [-0.25, -0.2) is 9.50 Å². The van der Waals surface area contributed by atoms with Crippen molar-refractivity contribution in [2.45, 2.75) is 26.7 Å². The summed E-state index contributed by atoms with van der Waals surface area (Å²) < 4.78 is 7.58. The lowest BCUT2D eigenvalue weighted by atomic mass is 10.1. The van der Waals surface area contributed by atoms with E-state index in [9.17, 15) is 0 Å². The fraction of sp³-hybridized carbons (Fsp3) is 0.312. The highest BCUT2D eigenvalue weighted by molar-refractivity contribution is 5.70. The van der Waals surface area contributed by atoms with Gasteiger partial charge >= 0.3 is 0 Å². The molecule has 5 nitrogen and oxygen atoms in total. The van der Waals surface area contributed by atoms with E-state index in [0.29, 0.717) is 5.78 Å². The molecule has 0 saturated carbocycles. The van der Waals surface area contributed by atoms with Crippen molar-refractivity contribution in [2.24, 2.45) is 0 Å². The van der Waals surface area contributed by atoms with Crippen molar-refractivity contribution in [3.05, 3.63) is 42.5 Å². The highest BCUT2D eigenvalue weighted by atomic mass is 16.5. The molecule has 0 bridgehead atoms. The fourth-order valence-corrected chi connectivity index (χ4v) is 2.18. The number of rotatable bonds is 5. The zero-order valence-electron chi connectivity index (χ0n) is 12.3. The average Bonchev–Trinajstić information content (AvgIpc) is 2.96. The van der Waals surface area contributed by atoms with Crippen LogP contribution in [0, 0.1) is 6.92 Å². The zero-order valence-corrected chi connectivity index (χ0v) is 12.3. The molecule has 108 valence electrons. The molecule has 0 aliphatic carbocycles. The van der Waals surface area contributed by atoms with Crippen molar-refractivity contribution in [2.75, 3.05) is 6.61 Å². The summed E-state index contributed by atoms with van der Waals surface area (Å²) >= 11 is 0. The van der Waals surface area contributed by atoms with Gasteiger partial charge in [0.25, 0.3) is 5.78 Å². The molecule has 2 heterocycles. The molecule has 0 N–H and O–H groups in total. The lowest BCUT2D eigenvalue weighted by Crippen LogP contribution is -1.99. The van der Waals surface area contributed by atoms with E-state index in [1.165, 1.54) is 11.9 Å². The number of hydrogen-bond donors (Lipinski definition) is 0. The second-order valence-electron chi connectivity index (χ2n) is 5.05. The minimum atomic E-state index is 0.597. The first-order valence-corrected chi connectivity index (χ1v) is 7.17. The van der Waals surface area contributed by atoms with Gasteiger partial charge in [-0.2, -0.15) is 10.1 Å². The molecule has 21 heavy (non-hydrogen) atoms. The van der Waals surface area contributed by atoms with Crippen LogP contribution in [0.15, 0.2) is 36.9 Å². The van der Waals surface area contributed by atoms with E-state index in [4.69, 9.17) is 4.74 Å². The van der Waals surface area contributed by atoms with Gasteiger partial charge in [0.05, 0.1) is 6.61 Å². The summed E-state index contributed by atoms with van der Waals surface area (Å²) in [7, 11) is 0. The van der Waals surface area contributed by atoms with Crippen molar-refractivity contribution in [3.8, 4) is 16.9 Å². The molecule has 3 rings (SSSR count). The molecule has 0 saturated heterocycles. The van der Waals surface area contributed by atoms with Crippen LogP contribution in [0.2, 0.25) is 0 Å². The zero-order chi connectivity index (χ0) is 14.7. The van der Waals surface area contributed by atoms with Gasteiger partial charge in [-0.3, -0.25) is 0 Å². The third kappa shape index (κ3) is 2.86. The van der Waals surface area contributed by atoms with Crippen molar-refractivity contribution in [3.63, 3.8) is 0 Å². The summed E-state index contributed by atoms with van der Waals surface area (Å²) in [6.45, 7) is 4.95. The molecule has 0 spiro atoms. The molecule has 0 aliphatic rings. The number of aromatic nitrogens is 4. The molecular formula is C16H18N4O. The van der Waals surface area contributed by atoms with E-state index >= 15 is 0 Å². The average molecular weight is 282 g/mol. The third-order valence-electron chi connectivity index (χ3n) is 3.34. The van der Waals surface area contributed by atoms with Crippen LogP contribution in [0.3, 0.4) is 0 Å². The van der Waals surface area contributed by atoms with Crippen molar-refractivity contribution in [1.29, 1.82) is 0 Å². The molecule has 0 unspecified atom stereocenters. The first kappa shape index (κ1) is 13.5. The van der Waals surface area contributed by atoms with Crippen LogP contribution in [0.25, 0.3) is 16.9 Å². The minimum Gasteiger partial charge on any atom is -0.493 e. The molecular weight excluding hydrogens is 264 g/mol. The molecule has 2 aromatic heterocycles. The second-order valence-corrected chi connectivity index (χ2v) is 5.05. The predicted molar refractivity (Wildman–Crippen MR) is 81.4 cm³/mol. The third-order valence-corrected chi connectivity index (χ3v) is 3.34. The maximum absolute atomic E-state index is 5.91. The van der Waals surface area contributed by atoms with Crippen LogP contribution in [0.1, 0.15) is 25.3 Å². The summed E-state index contributed by atoms with van der Waals surface area (Å²) in [5.74, 6) is 1.48. The van der Waals surface area contributed by atoms with Gasteiger partial charge in [0, 0.05) is 23.5 Å². The Kier molecular flexibility index (Phi) is 3.81. The van der Waals surface area contributed by atoms with Gasteiger partial charge in [-0.15, -0.1) is 0 Å². The van der Waals surface area contributed by atoms with Crippen LogP contribution < -0.4 is 4.74 Å². The van der Waals surface area contributed by atoms with E-state index < -0.39 is 0 Å². The Hall–Kier alpha value is -2.43. The Labute approximate surface area is 123 Å². The number of fused-ring (bicyclic) bond motifs is 1. The van der Waals surface area contributed by atoms with Crippen LogP contribution in [0.5, 0.6) is 5.75 Å². The second kappa shape index (κ2) is 5.91. The summed E-state index contributed by atoms with van der Waals surface area (Å²) in [4.78, 5) is 8.38. The molecule has 3 aromatic rings. The SMILES string of the molecule is CCCCOc1ccc(C)cc1-c1cnc2ncnn2c1. The summed E-state index contributed by atoms with van der Waals surface area (Å²) in [5, 5.41) is 4.13. The van der Waals surface area contributed by atoms with E-state index in [1.54, 1.807) is 4.52 Å². The lowest BCUT2D eigenvalue weighted by Gasteiger charge is -2.12. The Morgan fingerprint density at radius 3 is 3.00 bits per heavy atom. The molecule has 0 fully saturated rings. The Balaban J connectivity index is 2.00. The summed E-state index contributed by atoms with van der Waals surface area (Å²) in [6, 6.07) is 6.19. The van der Waals surface area contributed by atoms with Crippen molar-refractivity contribution >= 4 is 5.78 Å². The highest BCUT2D eigenvalue weighted by Gasteiger charge is 2.09. The molecule has 0 atom stereocenters. The highest BCUT2D eigenvalue weighted by Crippen LogP contribution is 2.30. The number of hydrogen-bond acceptors (Lipinski definition) is 4. The number of unbranched alkanes of at least 4 members (excludes halogenated alkanes) is 1. The number of aryl methyl sites for hydroxylation is 1. The summed E-state index contributed by atoms with van der Waals surface area (Å²) in [6.07, 6.45) is 7.41. The molecule has 0 radical (unpaired) electrons. The Bertz CT molecular complexity index is 751. The quantitative estimate of drug-likeness (QED) is 0.674. The lowest BCUT2D eigenvalue weighted by molar-refractivity contribution is 0.310. The predicted octanol–water partition coefficient (Wildman–Crippen LogP) is 3.28. The Morgan fingerprint density at radius 2 is 2.14 bits per heavy atom. The normalized spacial score (nSPS) is 11.0. The van der Waals surface area contributed by atoms with Crippen LogP contribution in [0.4, 0.5) is 0 Å². The summed E-state index contributed by atoms with van der Waals surface area (Å²) in [5.41, 5.74) is 3.20. The van der Waals surface area contributed by atoms with Crippen molar-refractivity contribution in [1.82, 2.24) is 19.6 Å². The largest absolute Gasteiger partial charge is 0.493 e. The molecule has 1 aromatic carbocycles. The monoisotopic (exact) mass is 282 g/mol. The van der Waals surface area contributed by atoms with Gasteiger partial charge in [-0.1, -0.05) is 25.0 Å². The van der Waals surface area contributed by atoms with Crippen LogP contribution >= 0.6 is 0 Å². The fourth-order valence-electron chi connectivity index (χ4n) is 2.18. The van der Waals surface area contributed by atoms with Crippen LogP contribution in [-0.4, -0.2) is 26.2 Å². The van der Waals surface area contributed by atoms with E-state index in [0.717, 1.165) is 36.3 Å². The number of ether oxygens (including phenoxy) is 1. The standard InChI is InChI=1S/C16H18N4O/c1-3-4-7-21-15-6-5-12(2)8-14(15)13-9-17-16-18-11-19-20(16)10-13/h5-6,8-11H,3-4,7H2,1-2H3. The topological polar surface area (TPSA) is 52.3 Å². The smallest absolute Gasteiger partial charge is 0.252 e. The first-order chi connectivity index (χ1) is 10.3. The Morgan fingerprint density at radius 1 is 1.24 bits per heavy atom. The molecule has 5 heteroatoms. The van der Waals surface area contributed by atoms with Crippen LogP contribution in [-0.2, 0) is 0 Å². The minimum absolute atomic E-state index is 0.597. The van der Waals surface area contributed by atoms with E-state index in [-0.39, 0.29) is 0 Å². The first-order valence-electron chi connectivity index (χ1n) is 7.17. The van der Waals surface area contributed by atoms with Gasteiger partial charge < -0.3 is 4.74 Å². The van der Waals surface area contributed by atoms with Gasteiger partial charge in [0.2, 0.25) is 0 Å². The van der Waals surface area contributed by atoms with Crippen molar-refractivity contribution < 1.29 is 4.74 Å². The van der Waals surface area contributed by atoms with Gasteiger partial charge in [0.1, 0.15) is 12.1 Å². The number of nitrogens with zero attached hydrogens (tertiary/aromatic N) is 4. The molecule has 0 aliphatic heterocycles.